The largest absolute Gasteiger partial charge is 0.335 e. The molecule has 1 aromatic heterocycles. The second kappa shape index (κ2) is 9.29. The Hall–Kier alpha value is -2.98. The van der Waals surface area contributed by atoms with Crippen molar-refractivity contribution in [3.8, 4) is 6.07 Å². The smallest absolute Gasteiger partial charge is 0.274 e. The van der Waals surface area contributed by atoms with Crippen molar-refractivity contribution in [2.24, 2.45) is 0 Å². The molecule has 1 aromatic carbocycles. The van der Waals surface area contributed by atoms with Gasteiger partial charge in [-0.15, -0.1) is 0 Å². The van der Waals surface area contributed by atoms with E-state index < -0.39 is 0 Å². The number of hydrogen-bond acceptors (Lipinski definition) is 5. The average Bonchev–Trinajstić information content (AvgIpc) is 2.74. The van der Waals surface area contributed by atoms with Crippen LogP contribution in [-0.4, -0.2) is 51.7 Å². The molecule has 0 radical (unpaired) electrons. The van der Waals surface area contributed by atoms with Crippen LogP contribution in [0.3, 0.4) is 0 Å². The van der Waals surface area contributed by atoms with Gasteiger partial charge in [0.1, 0.15) is 5.69 Å². The van der Waals surface area contributed by atoms with Crippen LogP contribution in [-0.2, 0) is 13.1 Å². The summed E-state index contributed by atoms with van der Waals surface area (Å²) in [5, 5.41) is 13.1. The number of hydrogen-bond donors (Lipinski definition) is 0. The number of rotatable bonds is 6. The lowest BCUT2D eigenvalue weighted by Crippen LogP contribution is -2.48. The maximum Gasteiger partial charge on any atom is 0.274 e. The van der Waals surface area contributed by atoms with E-state index in [1.54, 1.807) is 4.90 Å². The van der Waals surface area contributed by atoms with Crippen LogP contribution >= 0.6 is 0 Å². The van der Waals surface area contributed by atoms with Gasteiger partial charge in [-0.1, -0.05) is 25.5 Å². The molecule has 1 saturated heterocycles. The summed E-state index contributed by atoms with van der Waals surface area (Å²) in [6.45, 7) is 6.21. The molecule has 7 nitrogen and oxygen atoms in total. The zero-order valence-corrected chi connectivity index (χ0v) is 16.2. The van der Waals surface area contributed by atoms with E-state index in [2.05, 4.69) is 23.0 Å². The van der Waals surface area contributed by atoms with Crippen molar-refractivity contribution in [3.63, 3.8) is 0 Å². The number of aromatic nitrogens is 2. The highest BCUT2D eigenvalue weighted by molar-refractivity contribution is 5.92. The van der Waals surface area contributed by atoms with Crippen LogP contribution in [0.1, 0.15) is 41.4 Å². The first-order chi connectivity index (χ1) is 13.6. The summed E-state index contributed by atoms with van der Waals surface area (Å²) in [5.74, 6) is -0.122. The molecule has 0 aliphatic carbocycles. The van der Waals surface area contributed by atoms with Gasteiger partial charge >= 0.3 is 0 Å². The molecule has 0 bridgehead atoms. The molecule has 0 N–H and O–H groups in total. The number of piperazine rings is 1. The highest BCUT2D eigenvalue weighted by Gasteiger charge is 2.23. The summed E-state index contributed by atoms with van der Waals surface area (Å²) in [6.07, 6.45) is 1.83. The van der Waals surface area contributed by atoms with Gasteiger partial charge in [-0.05, 0) is 30.2 Å². The number of carbonyl (C=O) groups excluding carboxylic acids is 1. The summed E-state index contributed by atoms with van der Waals surface area (Å²) in [7, 11) is 0. The summed E-state index contributed by atoms with van der Waals surface area (Å²) >= 11 is 0. The first-order valence-electron chi connectivity index (χ1n) is 9.69. The van der Waals surface area contributed by atoms with Crippen molar-refractivity contribution in [1.82, 2.24) is 19.6 Å². The quantitative estimate of drug-likeness (QED) is 0.765. The van der Waals surface area contributed by atoms with E-state index in [4.69, 9.17) is 5.26 Å². The number of amides is 1. The number of unbranched alkanes of at least 4 members (excludes halogenated alkanes) is 1. The van der Waals surface area contributed by atoms with Crippen LogP contribution in [0.15, 0.2) is 41.2 Å². The lowest BCUT2D eigenvalue weighted by molar-refractivity contribution is 0.0620. The molecule has 1 fully saturated rings. The minimum Gasteiger partial charge on any atom is -0.335 e. The van der Waals surface area contributed by atoms with Crippen molar-refractivity contribution >= 4 is 5.91 Å². The molecule has 1 amide bonds. The molecule has 28 heavy (non-hydrogen) atoms. The van der Waals surface area contributed by atoms with Crippen molar-refractivity contribution in [2.75, 3.05) is 26.2 Å². The van der Waals surface area contributed by atoms with Crippen molar-refractivity contribution < 1.29 is 4.79 Å². The molecule has 1 aliphatic rings. The van der Waals surface area contributed by atoms with E-state index in [0.29, 0.717) is 30.9 Å². The van der Waals surface area contributed by atoms with Crippen LogP contribution in [0.4, 0.5) is 0 Å². The Kier molecular flexibility index (Phi) is 6.56. The molecule has 0 spiro atoms. The third kappa shape index (κ3) is 4.84. The Labute approximate surface area is 164 Å². The zero-order valence-electron chi connectivity index (χ0n) is 16.2. The minimum atomic E-state index is -0.169. The van der Waals surface area contributed by atoms with Crippen LogP contribution in [0, 0.1) is 11.3 Å². The van der Waals surface area contributed by atoms with E-state index in [0.717, 1.165) is 38.0 Å². The number of benzene rings is 1. The van der Waals surface area contributed by atoms with Gasteiger partial charge in [-0.3, -0.25) is 14.5 Å². The van der Waals surface area contributed by atoms with Gasteiger partial charge in [-0.25, -0.2) is 4.68 Å². The first-order valence-corrected chi connectivity index (χ1v) is 9.69. The molecule has 2 aromatic rings. The van der Waals surface area contributed by atoms with Crippen molar-refractivity contribution in [1.29, 1.82) is 5.26 Å². The maximum atomic E-state index is 12.8. The van der Waals surface area contributed by atoms with Gasteiger partial charge in [-0.2, -0.15) is 10.4 Å². The average molecular weight is 379 g/mol. The van der Waals surface area contributed by atoms with Crippen molar-refractivity contribution in [2.45, 2.75) is 32.9 Å². The van der Waals surface area contributed by atoms with Crippen LogP contribution in [0.2, 0.25) is 0 Å². The highest BCUT2D eigenvalue weighted by Crippen LogP contribution is 2.11. The Morgan fingerprint density at radius 1 is 1.11 bits per heavy atom. The van der Waals surface area contributed by atoms with Gasteiger partial charge < -0.3 is 4.90 Å². The van der Waals surface area contributed by atoms with Gasteiger partial charge in [0.05, 0.1) is 11.6 Å². The van der Waals surface area contributed by atoms with Crippen molar-refractivity contribution in [3.05, 3.63) is 63.6 Å². The predicted molar refractivity (Wildman–Crippen MR) is 106 cm³/mol. The maximum absolute atomic E-state index is 12.8. The van der Waals surface area contributed by atoms with Crippen LogP contribution < -0.4 is 5.56 Å². The zero-order chi connectivity index (χ0) is 19.9. The second-order valence-electron chi connectivity index (χ2n) is 7.01. The van der Waals surface area contributed by atoms with Gasteiger partial charge in [0.2, 0.25) is 0 Å². The topological polar surface area (TPSA) is 82.2 Å². The molecule has 7 heteroatoms. The number of nitrogens with zero attached hydrogens (tertiary/aromatic N) is 5. The fraction of sp³-hybridized carbons (Fsp3) is 0.429. The van der Waals surface area contributed by atoms with Crippen LogP contribution in [0.25, 0.3) is 0 Å². The Morgan fingerprint density at radius 2 is 1.82 bits per heavy atom. The summed E-state index contributed by atoms with van der Waals surface area (Å²) in [4.78, 5) is 28.7. The highest BCUT2D eigenvalue weighted by atomic mass is 16.2. The standard InChI is InChI=1S/C21H25N5O2/c1-2-3-10-26-20(27)9-8-19(23-26)21(28)25-13-11-24(12-14-25)16-18-6-4-17(15-22)5-7-18/h4-9H,2-3,10-14,16H2,1H3. The SMILES string of the molecule is CCCCn1nc(C(=O)N2CCN(Cc3ccc(C#N)cc3)CC2)ccc1=O. The molecule has 1 aliphatic heterocycles. The summed E-state index contributed by atoms with van der Waals surface area (Å²) in [5.41, 5.74) is 1.98. The van der Waals surface area contributed by atoms with Gasteiger partial charge in [0, 0.05) is 45.3 Å². The number of aryl methyl sites for hydroxylation is 1. The lowest BCUT2D eigenvalue weighted by atomic mass is 10.1. The molecular weight excluding hydrogens is 354 g/mol. The summed E-state index contributed by atoms with van der Waals surface area (Å²) in [6, 6.07) is 12.7. The van der Waals surface area contributed by atoms with Gasteiger partial charge in [0.15, 0.2) is 0 Å². The second-order valence-corrected chi connectivity index (χ2v) is 7.01. The monoisotopic (exact) mass is 379 g/mol. The van der Waals surface area contributed by atoms with E-state index >= 15 is 0 Å². The van der Waals surface area contributed by atoms with E-state index in [9.17, 15) is 9.59 Å². The van der Waals surface area contributed by atoms with Gasteiger partial charge in [0.25, 0.3) is 11.5 Å². The molecule has 146 valence electrons. The Morgan fingerprint density at radius 3 is 2.46 bits per heavy atom. The third-order valence-corrected chi connectivity index (χ3v) is 4.96. The Bertz CT molecular complexity index is 906. The van der Waals surface area contributed by atoms with Crippen LogP contribution in [0.5, 0.6) is 0 Å². The normalized spacial score (nSPS) is 14.6. The fourth-order valence-electron chi connectivity index (χ4n) is 3.25. The molecule has 0 atom stereocenters. The molecule has 3 rings (SSSR count). The predicted octanol–water partition coefficient (Wildman–Crippen LogP) is 1.87. The van der Waals surface area contributed by atoms with E-state index in [1.165, 1.54) is 16.8 Å². The Balaban J connectivity index is 1.57. The number of nitriles is 1. The fourth-order valence-corrected chi connectivity index (χ4v) is 3.25. The first kappa shape index (κ1) is 19.8. The molecular formula is C21H25N5O2. The molecule has 2 heterocycles. The number of carbonyl (C=O) groups is 1. The van der Waals surface area contributed by atoms with E-state index in [1.807, 2.05) is 24.3 Å². The molecule has 0 saturated carbocycles. The molecule has 0 unspecified atom stereocenters. The summed E-state index contributed by atoms with van der Waals surface area (Å²) < 4.78 is 1.39. The third-order valence-electron chi connectivity index (χ3n) is 4.96. The lowest BCUT2D eigenvalue weighted by Gasteiger charge is -2.34. The van der Waals surface area contributed by atoms with E-state index in [-0.39, 0.29) is 11.5 Å². The minimum absolute atomic E-state index is 0.122.